The first kappa shape index (κ1) is 13.5. The normalized spacial score (nSPS) is 12.9. The van der Waals surface area contributed by atoms with Gasteiger partial charge in [0.1, 0.15) is 5.84 Å². The van der Waals surface area contributed by atoms with Gasteiger partial charge in [-0.2, -0.15) is 8.42 Å². The summed E-state index contributed by atoms with van der Waals surface area (Å²) in [6, 6.07) is 3.96. The zero-order valence-corrected chi connectivity index (χ0v) is 10.8. The number of rotatable bonds is 6. The Morgan fingerprint density at radius 2 is 2.38 bits per heavy atom. The molecular weight excluding hydrogens is 268 g/mol. The second kappa shape index (κ2) is 6.24. The molecule has 1 aromatic heterocycles. The van der Waals surface area contributed by atoms with Crippen molar-refractivity contribution in [1.29, 1.82) is 0 Å². The second-order valence-corrected chi connectivity index (χ2v) is 7.28. The summed E-state index contributed by atoms with van der Waals surface area (Å²) in [4.78, 5) is 5.21. The molecule has 1 rings (SSSR count). The van der Waals surface area contributed by atoms with Gasteiger partial charge in [-0.05, 0) is 11.4 Å². The van der Waals surface area contributed by atoms with Crippen molar-refractivity contribution >= 4 is 37.1 Å². The summed E-state index contributed by atoms with van der Waals surface area (Å²) in [6.45, 7) is 0.526. The molecule has 0 unspecified atom stereocenters. The van der Waals surface area contributed by atoms with Gasteiger partial charge in [0.2, 0.25) is 0 Å². The summed E-state index contributed by atoms with van der Waals surface area (Å²) in [5, 5.41) is 1.98. The zero-order chi connectivity index (χ0) is 12.0. The topological polar surface area (TPSA) is 92.8 Å². The van der Waals surface area contributed by atoms with Crippen molar-refractivity contribution in [1.82, 2.24) is 0 Å². The first-order valence-electron chi connectivity index (χ1n) is 4.40. The maximum absolute atomic E-state index is 10.4. The van der Waals surface area contributed by atoms with Crippen LogP contribution in [0.25, 0.3) is 0 Å². The van der Waals surface area contributed by atoms with Crippen molar-refractivity contribution in [3.63, 3.8) is 0 Å². The molecule has 3 N–H and O–H groups in total. The molecule has 0 radical (unpaired) electrons. The highest BCUT2D eigenvalue weighted by Gasteiger charge is 2.06. The Hall–Kier alpha value is -0.570. The van der Waals surface area contributed by atoms with Gasteiger partial charge in [-0.1, -0.05) is 6.07 Å². The van der Waals surface area contributed by atoms with Crippen molar-refractivity contribution in [3.05, 3.63) is 22.4 Å². The van der Waals surface area contributed by atoms with Crippen molar-refractivity contribution in [2.24, 2.45) is 10.7 Å². The maximum Gasteiger partial charge on any atom is 0.320 e. The molecule has 16 heavy (non-hydrogen) atoms. The highest BCUT2D eigenvalue weighted by Crippen LogP contribution is 2.10. The minimum absolute atomic E-state index is 0.0106. The lowest BCUT2D eigenvalue weighted by atomic mass is 10.3. The van der Waals surface area contributed by atoms with E-state index in [1.807, 2.05) is 17.5 Å². The first-order chi connectivity index (χ1) is 7.47. The largest absolute Gasteiger partial charge is 0.387 e. The van der Waals surface area contributed by atoms with Crippen LogP contribution in [0, 0.1) is 0 Å². The lowest BCUT2D eigenvalue weighted by Gasteiger charge is -1.98. The van der Waals surface area contributed by atoms with E-state index in [1.54, 1.807) is 11.3 Å². The number of hydrogen-bond donors (Lipinski definition) is 2. The van der Waals surface area contributed by atoms with Gasteiger partial charge in [-0.15, -0.1) is 11.3 Å². The Balaban J connectivity index is 2.29. The molecule has 0 saturated carbocycles. The standard InChI is InChI=1S/C8H12N2O3S3/c9-8(6-15-16(11,12)13)10-4-3-7-2-1-5-14-7/h1-2,5H,3-4,6H2,(H2,9,10)(H,11,12,13). The van der Waals surface area contributed by atoms with Gasteiger partial charge in [0.25, 0.3) is 0 Å². The van der Waals surface area contributed by atoms with Crippen LogP contribution in [-0.2, 0) is 15.6 Å². The minimum atomic E-state index is -4.03. The van der Waals surface area contributed by atoms with Crippen LogP contribution >= 0.6 is 22.1 Å². The summed E-state index contributed by atoms with van der Waals surface area (Å²) in [7, 11) is -3.67. The van der Waals surface area contributed by atoms with Crippen LogP contribution < -0.4 is 5.73 Å². The third kappa shape index (κ3) is 6.11. The first-order valence-corrected chi connectivity index (χ1v) is 8.22. The van der Waals surface area contributed by atoms with Crippen LogP contribution in [0.5, 0.6) is 0 Å². The van der Waals surface area contributed by atoms with Gasteiger partial charge in [0.05, 0.1) is 5.75 Å². The quantitative estimate of drug-likeness (QED) is 0.353. The van der Waals surface area contributed by atoms with Crippen LogP contribution in [0.3, 0.4) is 0 Å². The maximum atomic E-state index is 10.4. The van der Waals surface area contributed by atoms with Crippen molar-refractivity contribution in [2.75, 3.05) is 12.3 Å². The Morgan fingerprint density at radius 1 is 1.62 bits per heavy atom. The van der Waals surface area contributed by atoms with Crippen LogP contribution in [0.1, 0.15) is 4.88 Å². The average Bonchev–Trinajstić information content (AvgIpc) is 2.66. The SMILES string of the molecule is NC(CSS(=O)(=O)O)=NCCc1cccs1. The van der Waals surface area contributed by atoms with E-state index in [-0.39, 0.29) is 11.6 Å². The molecular formula is C8H12N2O3S3. The summed E-state index contributed by atoms with van der Waals surface area (Å²) in [6.07, 6.45) is 0.787. The minimum Gasteiger partial charge on any atom is -0.387 e. The van der Waals surface area contributed by atoms with Crippen molar-refractivity contribution < 1.29 is 13.0 Å². The predicted molar refractivity (Wildman–Crippen MR) is 68.5 cm³/mol. The number of hydrogen-bond acceptors (Lipinski definition) is 5. The summed E-state index contributed by atoms with van der Waals surface area (Å²) in [5.74, 6) is 0.211. The van der Waals surface area contributed by atoms with Crippen molar-refractivity contribution in [2.45, 2.75) is 6.42 Å². The third-order valence-electron chi connectivity index (χ3n) is 1.61. The van der Waals surface area contributed by atoms with Crippen LogP contribution in [0.2, 0.25) is 0 Å². The molecule has 0 aliphatic rings. The summed E-state index contributed by atoms with van der Waals surface area (Å²) in [5.41, 5.74) is 5.48. The van der Waals surface area contributed by atoms with E-state index in [4.69, 9.17) is 10.3 Å². The molecule has 0 fully saturated rings. The van der Waals surface area contributed by atoms with E-state index in [9.17, 15) is 8.42 Å². The predicted octanol–water partition coefficient (Wildman–Crippen LogP) is 1.18. The van der Waals surface area contributed by atoms with Gasteiger partial charge < -0.3 is 5.73 Å². The molecule has 0 spiro atoms. The Morgan fingerprint density at radius 3 is 2.94 bits per heavy atom. The molecule has 1 heterocycles. The lowest BCUT2D eigenvalue weighted by Crippen LogP contribution is -2.16. The molecule has 0 aromatic carbocycles. The average molecular weight is 280 g/mol. The summed E-state index contributed by atoms with van der Waals surface area (Å²) < 4.78 is 29.3. The van der Waals surface area contributed by atoms with E-state index in [2.05, 4.69) is 4.99 Å². The van der Waals surface area contributed by atoms with E-state index in [0.717, 1.165) is 6.42 Å². The molecule has 5 nitrogen and oxygen atoms in total. The summed E-state index contributed by atoms with van der Waals surface area (Å²) >= 11 is 1.64. The zero-order valence-electron chi connectivity index (χ0n) is 8.37. The van der Waals surface area contributed by atoms with E-state index >= 15 is 0 Å². The lowest BCUT2D eigenvalue weighted by molar-refractivity contribution is 0.503. The Labute approximate surface area is 102 Å². The molecule has 0 atom stereocenters. The highest BCUT2D eigenvalue weighted by molar-refractivity contribution is 8.70. The molecule has 0 amide bonds. The van der Waals surface area contributed by atoms with Crippen LogP contribution in [0.15, 0.2) is 22.5 Å². The number of nitrogens with zero attached hydrogens (tertiary/aromatic N) is 1. The van der Waals surface area contributed by atoms with E-state index in [1.165, 1.54) is 4.88 Å². The van der Waals surface area contributed by atoms with Crippen molar-refractivity contribution in [3.8, 4) is 0 Å². The van der Waals surface area contributed by atoms with E-state index in [0.29, 0.717) is 17.3 Å². The molecule has 0 aliphatic heterocycles. The third-order valence-corrected chi connectivity index (χ3v) is 4.50. The molecule has 1 aromatic rings. The number of nitrogens with two attached hydrogens (primary N) is 1. The monoisotopic (exact) mass is 280 g/mol. The Bertz CT molecular complexity index is 439. The smallest absolute Gasteiger partial charge is 0.320 e. The molecule has 90 valence electrons. The van der Waals surface area contributed by atoms with Gasteiger partial charge in [-0.25, -0.2) is 0 Å². The van der Waals surface area contributed by atoms with Gasteiger partial charge in [-0.3, -0.25) is 9.55 Å². The highest BCUT2D eigenvalue weighted by atomic mass is 33.1. The molecule has 8 heteroatoms. The van der Waals surface area contributed by atoms with E-state index < -0.39 is 9.15 Å². The number of thiophene rings is 1. The van der Waals surface area contributed by atoms with Gasteiger partial charge in [0.15, 0.2) is 0 Å². The van der Waals surface area contributed by atoms with Crippen LogP contribution in [-0.4, -0.2) is 31.1 Å². The molecule has 0 aliphatic carbocycles. The van der Waals surface area contributed by atoms with Gasteiger partial charge >= 0.3 is 9.15 Å². The fraction of sp³-hybridized carbons (Fsp3) is 0.375. The second-order valence-electron chi connectivity index (χ2n) is 2.89. The fourth-order valence-corrected chi connectivity index (χ4v) is 2.81. The fourth-order valence-electron chi connectivity index (χ4n) is 0.945. The van der Waals surface area contributed by atoms with Gasteiger partial charge in [0, 0.05) is 28.6 Å². The number of aliphatic imine (C=N–C) groups is 1. The van der Waals surface area contributed by atoms with Crippen LogP contribution in [0.4, 0.5) is 0 Å². The molecule has 0 bridgehead atoms. The number of amidine groups is 1. The Kier molecular flexibility index (Phi) is 5.26. The molecule has 0 saturated heterocycles.